The van der Waals surface area contributed by atoms with Gasteiger partial charge in [-0.1, -0.05) is 30.3 Å². The summed E-state index contributed by atoms with van der Waals surface area (Å²) in [5.41, 5.74) is 3.18. The minimum Gasteiger partial charge on any atom is -0.390 e. The van der Waals surface area contributed by atoms with Crippen molar-refractivity contribution >= 4 is 11.6 Å². The lowest BCUT2D eigenvalue weighted by atomic mass is 9.93. The fourth-order valence-electron chi connectivity index (χ4n) is 3.65. The molecule has 7 nitrogen and oxygen atoms in total. The van der Waals surface area contributed by atoms with Crippen LogP contribution in [0.2, 0.25) is 0 Å². The highest BCUT2D eigenvalue weighted by Gasteiger charge is 2.28. The van der Waals surface area contributed by atoms with Crippen molar-refractivity contribution < 1.29 is 9.90 Å². The molecule has 0 radical (unpaired) electrons. The van der Waals surface area contributed by atoms with E-state index in [9.17, 15) is 15.2 Å². The number of aromatic nitrogens is 2. The summed E-state index contributed by atoms with van der Waals surface area (Å²) in [7, 11) is 0. The summed E-state index contributed by atoms with van der Waals surface area (Å²) >= 11 is 0. The maximum absolute atomic E-state index is 12.3. The number of hydrogen-bond acceptors (Lipinski definition) is 5. The predicted octanol–water partition coefficient (Wildman–Crippen LogP) is 1.55. The van der Waals surface area contributed by atoms with Crippen LogP contribution in [0.1, 0.15) is 27.7 Å². The normalized spacial score (nSPS) is 17.6. The first kappa shape index (κ1) is 18.2. The van der Waals surface area contributed by atoms with E-state index in [1.165, 1.54) is 5.56 Å². The number of aliphatic hydroxyl groups is 1. The van der Waals surface area contributed by atoms with Gasteiger partial charge in [0.15, 0.2) is 0 Å². The second-order valence-corrected chi connectivity index (χ2v) is 6.93. The molecule has 3 heterocycles. The second kappa shape index (κ2) is 7.80. The van der Waals surface area contributed by atoms with Crippen molar-refractivity contribution in [2.75, 3.05) is 19.6 Å². The Bertz CT molecular complexity index is 1010. The number of nitriles is 1. The van der Waals surface area contributed by atoms with E-state index in [2.05, 4.69) is 16.4 Å². The summed E-state index contributed by atoms with van der Waals surface area (Å²) in [6.07, 6.45) is 3.55. The Labute approximate surface area is 162 Å². The van der Waals surface area contributed by atoms with Gasteiger partial charge in [0.05, 0.1) is 12.2 Å². The first-order chi connectivity index (χ1) is 13.7. The molecule has 7 heteroatoms. The van der Waals surface area contributed by atoms with E-state index in [0.29, 0.717) is 24.4 Å². The third kappa shape index (κ3) is 3.60. The Morgan fingerprint density at radius 3 is 2.96 bits per heavy atom. The first-order valence-electron chi connectivity index (χ1n) is 9.27. The predicted molar refractivity (Wildman–Crippen MR) is 104 cm³/mol. The summed E-state index contributed by atoms with van der Waals surface area (Å²) < 4.78 is 1.77. The maximum Gasteiger partial charge on any atom is 0.271 e. The summed E-state index contributed by atoms with van der Waals surface area (Å²) in [4.78, 5) is 18.6. The van der Waals surface area contributed by atoms with Crippen LogP contribution in [0.3, 0.4) is 0 Å². The SMILES string of the molecule is N#C[C@@H]1c2ccccc2CCN1C[C@@H](O)CNC(=O)c1cn2ccccc2n1. The van der Waals surface area contributed by atoms with Gasteiger partial charge in [-0.2, -0.15) is 5.26 Å². The molecule has 0 bridgehead atoms. The van der Waals surface area contributed by atoms with Crippen molar-refractivity contribution in [3.8, 4) is 6.07 Å². The molecule has 1 amide bonds. The molecule has 0 saturated carbocycles. The molecule has 1 aliphatic rings. The Kier molecular flexibility index (Phi) is 5.06. The number of pyridine rings is 1. The van der Waals surface area contributed by atoms with Gasteiger partial charge in [-0.3, -0.25) is 9.69 Å². The number of fused-ring (bicyclic) bond motifs is 2. The van der Waals surface area contributed by atoms with Gasteiger partial charge in [-0.15, -0.1) is 0 Å². The molecule has 0 unspecified atom stereocenters. The average Bonchev–Trinajstić information content (AvgIpc) is 3.16. The van der Waals surface area contributed by atoms with Crippen LogP contribution in [-0.2, 0) is 6.42 Å². The van der Waals surface area contributed by atoms with Crippen LogP contribution in [0, 0.1) is 11.3 Å². The van der Waals surface area contributed by atoms with E-state index in [0.717, 1.165) is 12.0 Å². The minimum absolute atomic E-state index is 0.100. The molecule has 0 aliphatic carbocycles. The van der Waals surface area contributed by atoms with Gasteiger partial charge in [0, 0.05) is 32.0 Å². The molecule has 2 N–H and O–H groups in total. The molecular weight excluding hydrogens is 354 g/mol. The lowest BCUT2D eigenvalue weighted by molar-refractivity contribution is 0.0807. The van der Waals surface area contributed by atoms with Gasteiger partial charge in [0.1, 0.15) is 17.4 Å². The van der Waals surface area contributed by atoms with E-state index >= 15 is 0 Å². The zero-order chi connectivity index (χ0) is 19.5. The maximum atomic E-state index is 12.3. The van der Waals surface area contributed by atoms with Crippen molar-refractivity contribution in [2.45, 2.75) is 18.6 Å². The van der Waals surface area contributed by atoms with Crippen LogP contribution in [0.4, 0.5) is 0 Å². The molecule has 28 heavy (non-hydrogen) atoms. The fraction of sp³-hybridized carbons (Fsp3) is 0.286. The molecule has 1 aromatic carbocycles. The third-order valence-corrected chi connectivity index (χ3v) is 5.05. The van der Waals surface area contributed by atoms with E-state index in [-0.39, 0.29) is 18.5 Å². The van der Waals surface area contributed by atoms with Crippen LogP contribution in [0.5, 0.6) is 0 Å². The molecule has 3 aromatic rings. The Morgan fingerprint density at radius 1 is 1.32 bits per heavy atom. The molecule has 0 spiro atoms. The van der Waals surface area contributed by atoms with Gasteiger partial charge in [-0.05, 0) is 29.7 Å². The monoisotopic (exact) mass is 375 g/mol. The van der Waals surface area contributed by atoms with Crippen molar-refractivity contribution in [1.29, 1.82) is 5.26 Å². The fourth-order valence-corrected chi connectivity index (χ4v) is 3.65. The highest BCUT2D eigenvalue weighted by atomic mass is 16.3. The quantitative estimate of drug-likeness (QED) is 0.706. The van der Waals surface area contributed by atoms with E-state index < -0.39 is 6.10 Å². The van der Waals surface area contributed by atoms with Gasteiger partial charge < -0.3 is 14.8 Å². The molecule has 4 rings (SSSR count). The van der Waals surface area contributed by atoms with Crippen LogP contribution in [0.15, 0.2) is 54.9 Å². The number of amides is 1. The zero-order valence-electron chi connectivity index (χ0n) is 15.3. The van der Waals surface area contributed by atoms with Gasteiger partial charge in [-0.25, -0.2) is 4.98 Å². The van der Waals surface area contributed by atoms with Crippen LogP contribution in [-0.4, -0.2) is 51.0 Å². The Hall–Kier alpha value is -3.21. The third-order valence-electron chi connectivity index (χ3n) is 5.05. The minimum atomic E-state index is -0.776. The van der Waals surface area contributed by atoms with E-state index in [1.54, 1.807) is 10.6 Å². The lowest BCUT2D eigenvalue weighted by Crippen LogP contribution is -2.43. The highest BCUT2D eigenvalue weighted by Crippen LogP contribution is 2.28. The van der Waals surface area contributed by atoms with Crippen LogP contribution >= 0.6 is 0 Å². The average molecular weight is 375 g/mol. The number of rotatable bonds is 5. The number of β-amino-alcohol motifs (C(OH)–C–C–N with tert-alkyl or cyclic N) is 1. The van der Waals surface area contributed by atoms with Gasteiger partial charge in [0.25, 0.3) is 5.91 Å². The smallest absolute Gasteiger partial charge is 0.271 e. The molecular formula is C21H21N5O2. The molecule has 2 aromatic heterocycles. The highest BCUT2D eigenvalue weighted by molar-refractivity contribution is 5.92. The van der Waals surface area contributed by atoms with Gasteiger partial charge in [0.2, 0.25) is 0 Å². The number of benzene rings is 1. The summed E-state index contributed by atoms with van der Waals surface area (Å²) in [6.45, 7) is 1.12. The van der Waals surface area contributed by atoms with Crippen molar-refractivity contribution in [3.63, 3.8) is 0 Å². The number of aliphatic hydroxyl groups excluding tert-OH is 1. The van der Waals surface area contributed by atoms with Crippen molar-refractivity contribution in [2.24, 2.45) is 0 Å². The van der Waals surface area contributed by atoms with Crippen LogP contribution in [0.25, 0.3) is 5.65 Å². The van der Waals surface area contributed by atoms with E-state index in [1.807, 2.05) is 53.6 Å². The molecule has 1 aliphatic heterocycles. The number of carbonyl (C=O) groups is 1. The summed E-state index contributed by atoms with van der Waals surface area (Å²) in [6, 6.07) is 15.4. The zero-order valence-corrected chi connectivity index (χ0v) is 15.3. The summed E-state index contributed by atoms with van der Waals surface area (Å²) in [5.74, 6) is -0.330. The standard InChI is InChI=1S/C21H21N5O2/c22-11-19-17-6-2-1-5-15(17)8-10-25(19)13-16(27)12-23-21(28)18-14-26-9-4-3-7-20(26)24-18/h1-7,9,14,16,19,27H,8,10,12-13H2,(H,23,28)/t16-,19+/m0/s1. The molecule has 2 atom stereocenters. The topological polar surface area (TPSA) is 93.7 Å². The van der Waals surface area contributed by atoms with Crippen molar-refractivity contribution in [3.05, 3.63) is 71.7 Å². The lowest BCUT2D eigenvalue weighted by Gasteiger charge is -2.34. The molecule has 142 valence electrons. The number of imidazole rings is 1. The first-order valence-corrected chi connectivity index (χ1v) is 9.27. The Morgan fingerprint density at radius 2 is 2.14 bits per heavy atom. The largest absolute Gasteiger partial charge is 0.390 e. The van der Waals surface area contributed by atoms with Gasteiger partial charge >= 0.3 is 0 Å². The second-order valence-electron chi connectivity index (χ2n) is 6.93. The number of nitrogens with one attached hydrogen (secondary N) is 1. The summed E-state index contributed by atoms with van der Waals surface area (Å²) in [5, 5.41) is 22.7. The van der Waals surface area contributed by atoms with E-state index in [4.69, 9.17) is 0 Å². The number of hydrogen-bond donors (Lipinski definition) is 2. The molecule has 0 saturated heterocycles. The van der Waals surface area contributed by atoms with Crippen molar-refractivity contribution in [1.82, 2.24) is 19.6 Å². The number of carbonyl (C=O) groups excluding carboxylic acids is 1. The molecule has 0 fully saturated rings. The Balaban J connectivity index is 1.36. The van der Waals surface area contributed by atoms with Crippen LogP contribution < -0.4 is 5.32 Å². The number of nitrogens with zero attached hydrogens (tertiary/aromatic N) is 4.